The van der Waals surface area contributed by atoms with Gasteiger partial charge in [0.2, 0.25) is 11.8 Å². The zero-order valence-electron chi connectivity index (χ0n) is 17.1. The fraction of sp³-hybridized carbons (Fsp3) is 0.318. The number of H-pyrrole nitrogens is 1. The number of hydrogen-bond acceptors (Lipinski definition) is 3. The molecular weight excluding hydrogens is 489 g/mol. The summed E-state index contributed by atoms with van der Waals surface area (Å²) < 4.78 is 42.1. The first-order chi connectivity index (χ1) is 15.1. The monoisotopic (exact) mass is 508 g/mol. The van der Waals surface area contributed by atoms with E-state index in [0.717, 1.165) is 16.1 Å². The SMILES string of the molecule is CC(C(=O)Nc1ccc(N2CCCCC2=O)c(C(F)(F)F)c1)c1nc2ccc(Br)cc2[nH]1. The van der Waals surface area contributed by atoms with Crippen LogP contribution in [0.2, 0.25) is 0 Å². The highest BCUT2D eigenvalue weighted by atomic mass is 79.9. The molecular formula is C22H20BrF3N4O2. The lowest BCUT2D eigenvalue weighted by Gasteiger charge is -2.29. The molecule has 32 heavy (non-hydrogen) atoms. The van der Waals surface area contributed by atoms with Gasteiger partial charge < -0.3 is 15.2 Å². The van der Waals surface area contributed by atoms with E-state index in [1.54, 1.807) is 13.0 Å². The zero-order valence-corrected chi connectivity index (χ0v) is 18.7. The summed E-state index contributed by atoms with van der Waals surface area (Å²) in [6, 6.07) is 8.94. The Morgan fingerprint density at radius 1 is 1.22 bits per heavy atom. The van der Waals surface area contributed by atoms with E-state index in [9.17, 15) is 22.8 Å². The molecule has 1 aliphatic heterocycles. The van der Waals surface area contributed by atoms with Gasteiger partial charge in [0.05, 0.1) is 28.2 Å². The average molecular weight is 509 g/mol. The van der Waals surface area contributed by atoms with Crippen LogP contribution in [0.1, 0.15) is 43.5 Å². The minimum atomic E-state index is -4.68. The third kappa shape index (κ3) is 4.50. The summed E-state index contributed by atoms with van der Waals surface area (Å²) in [6.45, 7) is 1.86. The first-order valence-corrected chi connectivity index (χ1v) is 10.9. The van der Waals surface area contributed by atoms with Crippen LogP contribution in [-0.2, 0) is 15.8 Å². The van der Waals surface area contributed by atoms with Gasteiger partial charge in [0.1, 0.15) is 5.82 Å². The van der Waals surface area contributed by atoms with Crippen molar-refractivity contribution in [2.24, 2.45) is 0 Å². The fourth-order valence-corrected chi connectivity index (χ4v) is 4.08. The number of aromatic nitrogens is 2. The van der Waals surface area contributed by atoms with Gasteiger partial charge in [0.25, 0.3) is 0 Å². The van der Waals surface area contributed by atoms with E-state index in [1.807, 2.05) is 12.1 Å². The van der Waals surface area contributed by atoms with E-state index in [0.29, 0.717) is 24.2 Å². The van der Waals surface area contributed by atoms with E-state index >= 15 is 0 Å². The summed E-state index contributed by atoms with van der Waals surface area (Å²) in [5, 5.41) is 2.54. The van der Waals surface area contributed by atoms with E-state index in [1.165, 1.54) is 17.0 Å². The van der Waals surface area contributed by atoms with Crippen molar-refractivity contribution in [2.45, 2.75) is 38.3 Å². The van der Waals surface area contributed by atoms with Gasteiger partial charge in [-0.1, -0.05) is 15.9 Å². The maximum absolute atomic E-state index is 13.8. The largest absolute Gasteiger partial charge is 0.418 e. The lowest BCUT2D eigenvalue weighted by atomic mass is 10.0. The molecule has 10 heteroatoms. The van der Waals surface area contributed by atoms with E-state index in [2.05, 4.69) is 31.2 Å². The minimum Gasteiger partial charge on any atom is -0.341 e. The lowest BCUT2D eigenvalue weighted by molar-refractivity contribution is -0.137. The second kappa shape index (κ2) is 8.57. The number of carbonyl (C=O) groups is 2. The van der Waals surface area contributed by atoms with Crippen LogP contribution in [0.25, 0.3) is 11.0 Å². The standard InChI is InChI=1S/C22H20BrF3N4O2/c1-12(20-28-16-7-5-13(23)10-17(16)29-20)21(32)27-14-6-8-18(15(11-14)22(24,25)26)30-9-3-2-4-19(30)31/h5-8,10-12H,2-4,9H2,1H3,(H,27,32)(H,28,29). The molecule has 0 bridgehead atoms. The number of fused-ring (bicyclic) bond motifs is 1. The Morgan fingerprint density at radius 2 is 2.00 bits per heavy atom. The fourth-order valence-electron chi connectivity index (χ4n) is 3.72. The number of piperidine rings is 1. The van der Waals surface area contributed by atoms with Crippen LogP contribution in [0.3, 0.4) is 0 Å². The maximum Gasteiger partial charge on any atom is 0.418 e. The molecule has 1 fully saturated rings. The first kappa shape index (κ1) is 22.3. The predicted molar refractivity (Wildman–Crippen MR) is 118 cm³/mol. The smallest absolute Gasteiger partial charge is 0.341 e. The van der Waals surface area contributed by atoms with Crippen molar-refractivity contribution in [3.63, 3.8) is 0 Å². The highest BCUT2D eigenvalue weighted by molar-refractivity contribution is 9.10. The molecule has 1 unspecified atom stereocenters. The Balaban J connectivity index is 1.58. The predicted octanol–water partition coefficient (Wildman–Crippen LogP) is 5.60. The third-order valence-corrected chi connectivity index (χ3v) is 5.94. The first-order valence-electron chi connectivity index (χ1n) is 10.1. The summed E-state index contributed by atoms with van der Waals surface area (Å²) in [5.41, 5.74) is 0.283. The molecule has 1 aliphatic rings. The number of halogens is 4. The normalized spacial score (nSPS) is 15.8. The van der Waals surface area contributed by atoms with E-state index in [4.69, 9.17) is 0 Å². The van der Waals surface area contributed by atoms with Gasteiger partial charge in [-0.25, -0.2) is 4.98 Å². The molecule has 2 heterocycles. The highest BCUT2D eigenvalue weighted by Gasteiger charge is 2.37. The molecule has 168 valence electrons. The Kier molecular flexibility index (Phi) is 5.98. The molecule has 1 atom stereocenters. The van der Waals surface area contributed by atoms with Crippen molar-refractivity contribution in [2.75, 3.05) is 16.8 Å². The van der Waals surface area contributed by atoms with Crippen LogP contribution >= 0.6 is 15.9 Å². The molecule has 0 spiro atoms. The molecule has 3 aromatic rings. The van der Waals surface area contributed by atoms with Crippen molar-refractivity contribution in [1.82, 2.24) is 9.97 Å². The number of benzene rings is 2. The summed E-state index contributed by atoms with van der Waals surface area (Å²) in [4.78, 5) is 33.5. The number of imidazole rings is 1. The minimum absolute atomic E-state index is 0.00115. The number of aromatic amines is 1. The summed E-state index contributed by atoms with van der Waals surface area (Å²) in [7, 11) is 0. The Hall–Kier alpha value is -2.88. The van der Waals surface area contributed by atoms with Gasteiger partial charge in [-0.05, 0) is 56.2 Å². The van der Waals surface area contributed by atoms with Gasteiger partial charge in [0.15, 0.2) is 0 Å². The number of amides is 2. The zero-order chi connectivity index (χ0) is 23.0. The highest BCUT2D eigenvalue weighted by Crippen LogP contribution is 2.39. The molecule has 0 radical (unpaired) electrons. The molecule has 4 rings (SSSR count). The second-order valence-electron chi connectivity index (χ2n) is 7.73. The van der Waals surface area contributed by atoms with E-state index in [-0.39, 0.29) is 30.2 Å². The van der Waals surface area contributed by atoms with Gasteiger partial charge in [-0.2, -0.15) is 13.2 Å². The Labute approximate surface area is 190 Å². The Bertz CT molecular complexity index is 1190. The second-order valence-corrected chi connectivity index (χ2v) is 8.64. The summed E-state index contributed by atoms with van der Waals surface area (Å²) >= 11 is 3.37. The molecule has 2 aromatic carbocycles. The van der Waals surface area contributed by atoms with Crippen molar-refractivity contribution in [1.29, 1.82) is 0 Å². The summed E-state index contributed by atoms with van der Waals surface area (Å²) in [6.07, 6.45) is -3.14. The van der Waals surface area contributed by atoms with Crippen LogP contribution in [-0.4, -0.2) is 28.3 Å². The van der Waals surface area contributed by atoms with Crippen LogP contribution in [0, 0.1) is 0 Å². The number of carbonyl (C=O) groups excluding carboxylic acids is 2. The van der Waals surface area contributed by atoms with Crippen molar-refractivity contribution >= 4 is 50.2 Å². The number of nitrogens with zero attached hydrogens (tertiary/aromatic N) is 2. The quantitative estimate of drug-likeness (QED) is 0.481. The van der Waals surface area contributed by atoms with E-state index < -0.39 is 23.6 Å². The van der Waals surface area contributed by atoms with Gasteiger partial charge >= 0.3 is 6.18 Å². The molecule has 2 amide bonds. The average Bonchev–Trinajstić information content (AvgIpc) is 3.16. The molecule has 2 N–H and O–H groups in total. The maximum atomic E-state index is 13.8. The van der Waals surface area contributed by atoms with Gasteiger partial charge in [-0.15, -0.1) is 0 Å². The molecule has 6 nitrogen and oxygen atoms in total. The van der Waals surface area contributed by atoms with Crippen molar-refractivity contribution < 1.29 is 22.8 Å². The number of nitrogens with one attached hydrogen (secondary N) is 2. The van der Waals surface area contributed by atoms with Crippen molar-refractivity contribution in [3.05, 3.63) is 52.3 Å². The van der Waals surface area contributed by atoms with Crippen molar-refractivity contribution in [3.8, 4) is 0 Å². The molecule has 0 saturated carbocycles. The van der Waals surface area contributed by atoms with Crippen LogP contribution in [0.15, 0.2) is 40.9 Å². The molecule has 1 aromatic heterocycles. The van der Waals surface area contributed by atoms with Gasteiger partial charge in [-0.3, -0.25) is 9.59 Å². The number of hydrogen-bond donors (Lipinski definition) is 2. The van der Waals surface area contributed by atoms with Gasteiger partial charge in [0, 0.05) is 23.1 Å². The summed E-state index contributed by atoms with van der Waals surface area (Å²) in [5.74, 6) is -1.15. The van der Waals surface area contributed by atoms with Crippen LogP contribution < -0.4 is 10.2 Å². The lowest BCUT2D eigenvalue weighted by Crippen LogP contribution is -2.36. The third-order valence-electron chi connectivity index (χ3n) is 5.45. The van der Waals surface area contributed by atoms with Crippen LogP contribution in [0.5, 0.6) is 0 Å². The molecule has 1 saturated heterocycles. The topological polar surface area (TPSA) is 78.1 Å². The molecule has 0 aliphatic carbocycles. The number of rotatable bonds is 4. The Morgan fingerprint density at radius 3 is 2.72 bits per heavy atom. The number of anilines is 2. The number of alkyl halides is 3. The van der Waals surface area contributed by atoms with Crippen LogP contribution in [0.4, 0.5) is 24.5 Å².